The van der Waals surface area contributed by atoms with Gasteiger partial charge in [-0.05, 0) is 58.0 Å². The Hall–Kier alpha value is -2.57. The van der Waals surface area contributed by atoms with E-state index in [4.69, 9.17) is 0 Å². The van der Waals surface area contributed by atoms with E-state index in [0.717, 1.165) is 0 Å². The minimum absolute atomic E-state index is 0.101. The molecule has 140 valence electrons. The van der Waals surface area contributed by atoms with Crippen LogP contribution in [-0.4, -0.2) is 40.4 Å². The van der Waals surface area contributed by atoms with Gasteiger partial charge in [0.25, 0.3) is 11.7 Å². The summed E-state index contributed by atoms with van der Waals surface area (Å²) in [5, 5.41) is 0. The molecular weight excluding hydrogens is 345 g/mol. The van der Waals surface area contributed by atoms with Gasteiger partial charge >= 0.3 is 6.18 Å². The highest BCUT2D eigenvalue weighted by Gasteiger charge is 2.41. The molecular formula is C19H21F3N2O2. The number of halogens is 3. The lowest BCUT2D eigenvalue weighted by Gasteiger charge is -2.19. The van der Waals surface area contributed by atoms with Gasteiger partial charge in [-0.2, -0.15) is 13.2 Å². The zero-order valence-corrected chi connectivity index (χ0v) is 15.1. The summed E-state index contributed by atoms with van der Waals surface area (Å²) in [6.45, 7) is 8.07. The van der Waals surface area contributed by atoms with E-state index in [1.807, 2.05) is 13.8 Å². The number of amides is 1. The molecule has 1 aromatic carbocycles. The lowest BCUT2D eigenvalue weighted by atomic mass is 10.1. The number of ketones is 1. The minimum atomic E-state index is -4.91. The van der Waals surface area contributed by atoms with E-state index >= 15 is 0 Å². The molecule has 0 spiro atoms. The summed E-state index contributed by atoms with van der Waals surface area (Å²) in [6.07, 6.45) is -4.91. The smallest absolute Gasteiger partial charge is 0.339 e. The van der Waals surface area contributed by atoms with Gasteiger partial charge in [-0.3, -0.25) is 9.59 Å². The number of hydrogen-bond donors (Lipinski definition) is 0. The number of carbonyl (C=O) groups is 2. The first-order chi connectivity index (χ1) is 12.1. The predicted molar refractivity (Wildman–Crippen MR) is 92.9 cm³/mol. The molecule has 2 rings (SSSR count). The Balaban J connectivity index is 2.40. The quantitative estimate of drug-likeness (QED) is 0.740. The Morgan fingerprint density at radius 1 is 1.04 bits per heavy atom. The van der Waals surface area contributed by atoms with Crippen LogP contribution in [0.2, 0.25) is 0 Å². The van der Waals surface area contributed by atoms with Gasteiger partial charge in [0.05, 0.1) is 0 Å². The maximum absolute atomic E-state index is 12.7. The molecule has 0 aliphatic heterocycles. The number of hydrogen-bond acceptors (Lipinski definition) is 2. The van der Waals surface area contributed by atoms with Crippen LogP contribution in [0, 0.1) is 13.8 Å². The second-order valence-corrected chi connectivity index (χ2v) is 5.97. The topological polar surface area (TPSA) is 42.3 Å². The van der Waals surface area contributed by atoms with E-state index < -0.39 is 12.0 Å². The van der Waals surface area contributed by atoms with Gasteiger partial charge < -0.3 is 9.47 Å². The number of rotatable bonds is 5. The van der Waals surface area contributed by atoms with Crippen molar-refractivity contribution in [1.82, 2.24) is 9.47 Å². The average Bonchev–Trinajstić information content (AvgIpc) is 2.89. The molecule has 0 atom stereocenters. The van der Waals surface area contributed by atoms with E-state index in [1.54, 1.807) is 40.7 Å². The molecule has 26 heavy (non-hydrogen) atoms. The number of carbonyl (C=O) groups excluding carboxylic acids is 2. The van der Waals surface area contributed by atoms with Crippen molar-refractivity contribution in [3.8, 4) is 5.69 Å². The maximum Gasteiger partial charge on any atom is 0.454 e. The Kier molecular flexibility index (Phi) is 5.59. The summed E-state index contributed by atoms with van der Waals surface area (Å²) in [5.41, 5.74) is 1.47. The fraction of sp³-hybridized carbons (Fsp3) is 0.368. The monoisotopic (exact) mass is 366 g/mol. The predicted octanol–water partition coefficient (Wildman–Crippen LogP) is 4.32. The molecule has 0 fully saturated rings. The van der Waals surface area contributed by atoms with Crippen LogP contribution in [0.1, 0.15) is 46.0 Å². The number of Topliss-reactive ketones (excluding diaryl/α,β-unsaturated/α-hetero) is 1. The largest absolute Gasteiger partial charge is 0.454 e. The van der Waals surface area contributed by atoms with Crippen molar-refractivity contribution in [1.29, 1.82) is 0 Å². The van der Waals surface area contributed by atoms with E-state index in [-0.39, 0.29) is 17.2 Å². The van der Waals surface area contributed by atoms with Crippen molar-refractivity contribution in [3.63, 3.8) is 0 Å². The van der Waals surface area contributed by atoms with Crippen LogP contribution in [-0.2, 0) is 0 Å². The second kappa shape index (κ2) is 7.35. The fourth-order valence-corrected chi connectivity index (χ4v) is 2.99. The van der Waals surface area contributed by atoms with Crippen LogP contribution in [0.5, 0.6) is 0 Å². The molecule has 0 bridgehead atoms. The van der Waals surface area contributed by atoms with Gasteiger partial charge in [-0.25, -0.2) is 0 Å². The zero-order chi connectivity index (χ0) is 19.6. The fourth-order valence-electron chi connectivity index (χ4n) is 2.99. The summed E-state index contributed by atoms with van der Waals surface area (Å²) in [5.74, 6) is -1.96. The van der Waals surface area contributed by atoms with Crippen LogP contribution in [0.15, 0.2) is 30.3 Å². The molecule has 0 saturated carbocycles. The summed E-state index contributed by atoms with van der Waals surface area (Å²) in [7, 11) is 0. The van der Waals surface area contributed by atoms with Gasteiger partial charge in [0.2, 0.25) is 0 Å². The van der Waals surface area contributed by atoms with Gasteiger partial charge in [-0.15, -0.1) is 0 Å². The molecule has 1 aromatic heterocycles. The first-order valence-corrected chi connectivity index (χ1v) is 8.32. The summed E-state index contributed by atoms with van der Waals surface area (Å²) in [6, 6.07) is 7.84. The molecule has 4 nitrogen and oxygen atoms in total. The summed E-state index contributed by atoms with van der Waals surface area (Å²) >= 11 is 0. The van der Waals surface area contributed by atoms with Crippen molar-refractivity contribution in [2.75, 3.05) is 13.1 Å². The normalized spacial score (nSPS) is 11.5. The standard InChI is InChI=1S/C19H21F3N2O2/c1-5-23(6-2)18(26)14-7-9-15(10-8-14)24-12(3)11-16(13(24)4)17(25)19(20,21)22/h7-11H,5-6H2,1-4H3. The lowest BCUT2D eigenvalue weighted by molar-refractivity contribution is -0.0885. The molecule has 2 aromatic rings. The molecule has 1 amide bonds. The van der Waals surface area contributed by atoms with Gasteiger partial charge in [0, 0.05) is 41.3 Å². The highest BCUT2D eigenvalue weighted by Crippen LogP contribution is 2.27. The van der Waals surface area contributed by atoms with Gasteiger partial charge in [0.1, 0.15) is 0 Å². The van der Waals surface area contributed by atoms with E-state index in [0.29, 0.717) is 30.0 Å². The lowest BCUT2D eigenvalue weighted by Crippen LogP contribution is -2.30. The van der Waals surface area contributed by atoms with Crippen molar-refractivity contribution < 1.29 is 22.8 Å². The molecule has 0 aliphatic rings. The summed E-state index contributed by atoms with van der Waals surface area (Å²) < 4.78 is 39.8. The number of nitrogens with zero attached hydrogens (tertiary/aromatic N) is 2. The average molecular weight is 366 g/mol. The SMILES string of the molecule is CCN(CC)C(=O)c1ccc(-n2c(C)cc(C(=O)C(F)(F)F)c2C)cc1. The third-order valence-corrected chi connectivity index (χ3v) is 4.36. The molecule has 7 heteroatoms. The van der Waals surface area contributed by atoms with Crippen molar-refractivity contribution in [2.24, 2.45) is 0 Å². The molecule has 0 aliphatic carbocycles. The van der Waals surface area contributed by atoms with E-state index in [2.05, 4.69) is 0 Å². The van der Waals surface area contributed by atoms with Crippen LogP contribution < -0.4 is 0 Å². The molecule has 0 saturated heterocycles. The first-order valence-electron chi connectivity index (χ1n) is 8.32. The third kappa shape index (κ3) is 3.66. The van der Waals surface area contributed by atoms with Crippen molar-refractivity contribution >= 4 is 11.7 Å². The Bertz CT molecular complexity index is 817. The van der Waals surface area contributed by atoms with Gasteiger partial charge in [0.15, 0.2) is 0 Å². The number of aromatic nitrogens is 1. The zero-order valence-electron chi connectivity index (χ0n) is 15.1. The third-order valence-electron chi connectivity index (χ3n) is 4.36. The van der Waals surface area contributed by atoms with E-state index in [9.17, 15) is 22.8 Å². The molecule has 0 unspecified atom stereocenters. The van der Waals surface area contributed by atoms with Gasteiger partial charge in [-0.1, -0.05) is 0 Å². The number of alkyl halides is 3. The van der Waals surface area contributed by atoms with Crippen molar-refractivity contribution in [3.05, 3.63) is 52.8 Å². The first kappa shape index (κ1) is 19.8. The number of aryl methyl sites for hydroxylation is 1. The Labute approximate surface area is 150 Å². The van der Waals surface area contributed by atoms with Crippen molar-refractivity contribution in [2.45, 2.75) is 33.9 Å². The number of benzene rings is 1. The van der Waals surface area contributed by atoms with Crippen LogP contribution in [0.25, 0.3) is 5.69 Å². The second-order valence-electron chi connectivity index (χ2n) is 5.97. The highest BCUT2D eigenvalue weighted by atomic mass is 19.4. The molecule has 0 N–H and O–H groups in total. The van der Waals surface area contributed by atoms with Crippen LogP contribution in [0.3, 0.4) is 0 Å². The Morgan fingerprint density at radius 3 is 2.04 bits per heavy atom. The van der Waals surface area contributed by atoms with E-state index in [1.165, 1.54) is 13.0 Å². The summed E-state index contributed by atoms with van der Waals surface area (Å²) in [4.78, 5) is 25.6. The van der Waals surface area contributed by atoms with Crippen LogP contribution in [0.4, 0.5) is 13.2 Å². The molecule has 1 heterocycles. The molecule has 0 radical (unpaired) electrons. The Morgan fingerprint density at radius 2 is 1.58 bits per heavy atom. The van der Waals surface area contributed by atoms with Crippen LogP contribution >= 0.6 is 0 Å². The highest BCUT2D eigenvalue weighted by molar-refractivity contribution is 6.01. The maximum atomic E-state index is 12.7. The minimum Gasteiger partial charge on any atom is -0.339 e.